The van der Waals surface area contributed by atoms with Crippen LogP contribution in [0.2, 0.25) is 0 Å². The third-order valence-electron chi connectivity index (χ3n) is 4.26. The van der Waals surface area contributed by atoms with Crippen molar-refractivity contribution in [3.63, 3.8) is 0 Å². The summed E-state index contributed by atoms with van der Waals surface area (Å²) in [5.74, 6) is -0.158. The molecule has 0 unspecified atom stereocenters. The molecular formula is C21H22F3N5O2. The van der Waals surface area contributed by atoms with Crippen LogP contribution in [0, 0.1) is 13.8 Å². The first-order valence-electron chi connectivity index (χ1n) is 9.47. The van der Waals surface area contributed by atoms with Gasteiger partial charge in [0.25, 0.3) is 0 Å². The van der Waals surface area contributed by atoms with Crippen molar-refractivity contribution in [1.82, 2.24) is 20.1 Å². The number of nitrogens with one attached hydrogen (secondary N) is 2. The summed E-state index contributed by atoms with van der Waals surface area (Å²) in [6, 6.07) is 11.9. The summed E-state index contributed by atoms with van der Waals surface area (Å²) in [5, 5.41) is 9.83. The number of amides is 2. The van der Waals surface area contributed by atoms with Gasteiger partial charge < -0.3 is 15.4 Å². The number of hydrogen-bond acceptors (Lipinski definition) is 4. The zero-order valence-corrected chi connectivity index (χ0v) is 17.0. The highest BCUT2D eigenvalue weighted by atomic mass is 19.4. The fourth-order valence-corrected chi connectivity index (χ4v) is 2.91. The Balaban J connectivity index is 1.54. The van der Waals surface area contributed by atoms with Gasteiger partial charge in [-0.3, -0.25) is 4.68 Å². The molecule has 7 nitrogen and oxygen atoms in total. The Morgan fingerprint density at radius 2 is 1.94 bits per heavy atom. The first-order chi connectivity index (χ1) is 14.7. The maximum Gasteiger partial charge on any atom is 0.422 e. The van der Waals surface area contributed by atoms with Crippen LogP contribution in [0.3, 0.4) is 0 Å². The van der Waals surface area contributed by atoms with Gasteiger partial charge in [-0.25, -0.2) is 9.78 Å². The number of carbonyl (C=O) groups excluding carboxylic acids is 1. The van der Waals surface area contributed by atoms with Gasteiger partial charge in [-0.2, -0.15) is 18.3 Å². The molecule has 3 rings (SSSR count). The van der Waals surface area contributed by atoms with Crippen molar-refractivity contribution in [2.75, 3.05) is 11.9 Å². The molecule has 2 aromatic heterocycles. The number of nitrogens with zero attached hydrogens (tertiary/aromatic N) is 3. The molecule has 164 valence electrons. The van der Waals surface area contributed by atoms with E-state index in [0.29, 0.717) is 17.8 Å². The highest BCUT2D eigenvalue weighted by Crippen LogP contribution is 2.18. The molecule has 0 aliphatic carbocycles. The van der Waals surface area contributed by atoms with Gasteiger partial charge >= 0.3 is 12.2 Å². The Hall–Kier alpha value is -3.56. The van der Waals surface area contributed by atoms with Crippen LogP contribution in [0.25, 0.3) is 0 Å². The summed E-state index contributed by atoms with van der Waals surface area (Å²) in [6.07, 6.45) is -3.12. The molecule has 2 amide bonds. The topological polar surface area (TPSA) is 81.1 Å². The predicted molar refractivity (Wildman–Crippen MR) is 109 cm³/mol. The van der Waals surface area contributed by atoms with Crippen molar-refractivity contribution in [2.45, 2.75) is 33.1 Å². The van der Waals surface area contributed by atoms with Gasteiger partial charge in [-0.05, 0) is 49.2 Å². The largest absolute Gasteiger partial charge is 0.468 e. The van der Waals surface area contributed by atoms with Crippen molar-refractivity contribution < 1.29 is 22.7 Å². The number of hydrogen-bond donors (Lipinski definition) is 2. The van der Waals surface area contributed by atoms with Gasteiger partial charge in [0.15, 0.2) is 6.61 Å². The lowest BCUT2D eigenvalue weighted by atomic mass is 10.2. The molecule has 0 aliphatic rings. The van der Waals surface area contributed by atoms with Crippen LogP contribution in [-0.2, 0) is 13.1 Å². The number of anilines is 1. The van der Waals surface area contributed by atoms with E-state index in [2.05, 4.69) is 25.5 Å². The van der Waals surface area contributed by atoms with Crippen LogP contribution < -0.4 is 15.4 Å². The lowest BCUT2D eigenvalue weighted by Crippen LogP contribution is -2.28. The third-order valence-corrected chi connectivity index (χ3v) is 4.26. The van der Waals surface area contributed by atoms with E-state index in [9.17, 15) is 18.0 Å². The minimum Gasteiger partial charge on any atom is -0.468 e. The first kappa shape index (κ1) is 22.1. The van der Waals surface area contributed by atoms with Crippen LogP contribution in [-0.4, -0.2) is 33.6 Å². The summed E-state index contributed by atoms with van der Waals surface area (Å²) in [5.41, 5.74) is 4.13. The van der Waals surface area contributed by atoms with Gasteiger partial charge in [0.1, 0.15) is 0 Å². The quantitative estimate of drug-likeness (QED) is 0.585. The molecule has 0 bridgehead atoms. The molecule has 2 heterocycles. The monoisotopic (exact) mass is 433 g/mol. The number of carbonyl (C=O) groups is 1. The minimum atomic E-state index is -4.45. The third kappa shape index (κ3) is 7.02. The summed E-state index contributed by atoms with van der Waals surface area (Å²) in [6.45, 7) is 3.16. The molecule has 0 saturated heterocycles. The van der Waals surface area contributed by atoms with Crippen LogP contribution >= 0.6 is 0 Å². The molecule has 0 saturated carbocycles. The second kappa shape index (κ2) is 9.50. The number of aryl methyl sites for hydroxylation is 2. The van der Waals surface area contributed by atoms with Crippen molar-refractivity contribution in [2.24, 2.45) is 0 Å². The summed E-state index contributed by atoms with van der Waals surface area (Å²) in [4.78, 5) is 16.0. The first-order valence-corrected chi connectivity index (χ1v) is 9.47. The maximum atomic E-state index is 12.3. The van der Waals surface area contributed by atoms with E-state index >= 15 is 0 Å². The number of aromatic nitrogens is 3. The number of rotatable bonds is 7. The normalized spacial score (nSPS) is 11.3. The summed E-state index contributed by atoms with van der Waals surface area (Å²) in [7, 11) is 0. The molecular weight excluding hydrogens is 411 g/mol. The zero-order chi connectivity index (χ0) is 22.4. The van der Waals surface area contributed by atoms with E-state index in [-0.39, 0.29) is 12.4 Å². The Morgan fingerprint density at radius 1 is 1.13 bits per heavy atom. The Bertz CT molecular complexity index is 1050. The van der Waals surface area contributed by atoms with E-state index in [1.165, 1.54) is 12.3 Å². The Labute approximate surface area is 177 Å². The molecule has 0 fully saturated rings. The number of alkyl halides is 3. The standard InChI is InChI=1S/C21H22F3N5O2/c1-14-8-15(2)29(28-14)12-17-4-3-5-18(9-17)27-20(30)26-11-16-6-7-25-19(10-16)31-13-21(22,23)24/h3-10H,11-13H2,1-2H3,(H2,26,27,30). The van der Waals surface area contributed by atoms with Gasteiger partial charge in [0, 0.05) is 30.2 Å². The van der Waals surface area contributed by atoms with Crippen LogP contribution in [0.4, 0.5) is 23.7 Å². The van der Waals surface area contributed by atoms with E-state index in [1.54, 1.807) is 12.1 Å². The second-order valence-electron chi connectivity index (χ2n) is 7.00. The van der Waals surface area contributed by atoms with Crippen LogP contribution in [0.5, 0.6) is 5.88 Å². The molecule has 0 spiro atoms. The Kier molecular flexibility index (Phi) is 6.78. The smallest absolute Gasteiger partial charge is 0.422 e. The van der Waals surface area contributed by atoms with E-state index in [4.69, 9.17) is 0 Å². The number of pyridine rings is 1. The number of halogens is 3. The Morgan fingerprint density at radius 3 is 2.65 bits per heavy atom. The predicted octanol–water partition coefficient (Wildman–Crippen LogP) is 4.21. The minimum absolute atomic E-state index is 0.0994. The molecule has 2 N–H and O–H groups in total. The molecule has 3 aromatic rings. The second-order valence-corrected chi connectivity index (χ2v) is 7.00. The highest BCUT2D eigenvalue weighted by Gasteiger charge is 2.28. The highest BCUT2D eigenvalue weighted by molar-refractivity contribution is 5.89. The summed E-state index contributed by atoms with van der Waals surface area (Å²) >= 11 is 0. The van der Waals surface area contributed by atoms with Crippen LogP contribution in [0.1, 0.15) is 22.5 Å². The number of benzene rings is 1. The maximum absolute atomic E-state index is 12.3. The lowest BCUT2D eigenvalue weighted by Gasteiger charge is -2.11. The SMILES string of the molecule is Cc1cc(C)n(Cc2cccc(NC(=O)NCc3ccnc(OCC(F)(F)F)c3)c2)n1. The van der Waals surface area contributed by atoms with E-state index in [0.717, 1.165) is 17.0 Å². The fraction of sp³-hybridized carbons (Fsp3) is 0.286. The average molecular weight is 433 g/mol. The average Bonchev–Trinajstić information content (AvgIpc) is 3.01. The van der Waals surface area contributed by atoms with E-state index in [1.807, 2.05) is 42.8 Å². The molecule has 0 atom stereocenters. The van der Waals surface area contributed by atoms with Crippen molar-refractivity contribution in [3.8, 4) is 5.88 Å². The van der Waals surface area contributed by atoms with Gasteiger partial charge in [0.05, 0.1) is 12.2 Å². The number of ether oxygens (including phenoxy) is 1. The van der Waals surface area contributed by atoms with Crippen molar-refractivity contribution in [3.05, 3.63) is 71.2 Å². The van der Waals surface area contributed by atoms with Crippen LogP contribution in [0.15, 0.2) is 48.7 Å². The number of urea groups is 1. The van der Waals surface area contributed by atoms with Gasteiger partial charge in [-0.1, -0.05) is 12.1 Å². The van der Waals surface area contributed by atoms with Gasteiger partial charge in [-0.15, -0.1) is 0 Å². The van der Waals surface area contributed by atoms with Crippen molar-refractivity contribution in [1.29, 1.82) is 0 Å². The summed E-state index contributed by atoms with van der Waals surface area (Å²) < 4.78 is 43.3. The fourth-order valence-electron chi connectivity index (χ4n) is 2.91. The van der Waals surface area contributed by atoms with Crippen molar-refractivity contribution >= 4 is 11.7 Å². The van der Waals surface area contributed by atoms with Gasteiger partial charge in [0.2, 0.25) is 5.88 Å². The molecule has 1 aromatic carbocycles. The molecule has 0 radical (unpaired) electrons. The molecule has 0 aliphatic heterocycles. The molecule has 10 heteroatoms. The zero-order valence-electron chi connectivity index (χ0n) is 17.0. The molecule has 31 heavy (non-hydrogen) atoms. The lowest BCUT2D eigenvalue weighted by molar-refractivity contribution is -0.154. The van der Waals surface area contributed by atoms with E-state index < -0.39 is 18.8 Å².